The molecule has 20 heavy (non-hydrogen) atoms. The Kier molecular flexibility index (Phi) is 5.81. The molecule has 2 amide bonds. The topological polar surface area (TPSA) is 84.6 Å². The van der Waals surface area contributed by atoms with Crippen molar-refractivity contribution in [2.75, 3.05) is 26.7 Å². The van der Waals surface area contributed by atoms with Crippen molar-refractivity contribution >= 4 is 12.0 Å². The van der Waals surface area contributed by atoms with Gasteiger partial charge < -0.3 is 14.9 Å². The summed E-state index contributed by atoms with van der Waals surface area (Å²) in [5, 5.41) is 17.9. The van der Waals surface area contributed by atoms with E-state index in [2.05, 4.69) is 0 Å². The van der Waals surface area contributed by atoms with Gasteiger partial charge in [-0.2, -0.15) is 5.26 Å². The van der Waals surface area contributed by atoms with E-state index in [1.165, 1.54) is 4.90 Å². The average molecular weight is 281 g/mol. The van der Waals surface area contributed by atoms with E-state index in [1.54, 1.807) is 11.9 Å². The van der Waals surface area contributed by atoms with Gasteiger partial charge in [0.1, 0.15) is 0 Å². The smallest absolute Gasteiger partial charge is 0.319 e. The maximum Gasteiger partial charge on any atom is 0.319 e. The number of amides is 2. The standard InChI is InChI=1S/C14H23N3O3/c1-3-5-14(12(18)19)6-10-17(11-7-14)13(20)16(2)9-4-8-15/h3-7,9-11H2,1-2H3,(H,18,19). The third kappa shape index (κ3) is 3.62. The molecule has 0 unspecified atom stereocenters. The molecule has 0 radical (unpaired) electrons. The Labute approximate surface area is 120 Å². The van der Waals surface area contributed by atoms with Gasteiger partial charge in [-0.25, -0.2) is 4.79 Å². The van der Waals surface area contributed by atoms with Crippen LogP contribution in [0.3, 0.4) is 0 Å². The summed E-state index contributed by atoms with van der Waals surface area (Å²) in [6, 6.07) is 1.90. The Hall–Kier alpha value is -1.77. The van der Waals surface area contributed by atoms with Crippen LogP contribution in [0.5, 0.6) is 0 Å². The summed E-state index contributed by atoms with van der Waals surface area (Å²) >= 11 is 0. The van der Waals surface area contributed by atoms with Crippen LogP contribution in [0.25, 0.3) is 0 Å². The minimum Gasteiger partial charge on any atom is -0.481 e. The largest absolute Gasteiger partial charge is 0.481 e. The number of hydrogen-bond acceptors (Lipinski definition) is 3. The molecule has 0 aromatic heterocycles. The molecular weight excluding hydrogens is 258 g/mol. The van der Waals surface area contributed by atoms with Gasteiger partial charge in [-0.05, 0) is 19.3 Å². The highest BCUT2D eigenvalue weighted by Gasteiger charge is 2.41. The Morgan fingerprint density at radius 3 is 2.45 bits per heavy atom. The molecule has 0 aromatic carbocycles. The Morgan fingerprint density at radius 2 is 2.00 bits per heavy atom. The Balaban J connectivity index is 2.58. The molecule has 0 aliphatic carbocycles. The molecule has 1 heterocycles. The molecule has 1 fully saturated rings. The highest BCUT2D eigenvalue weighted by atomic mass is 16.4. The number of aliphatic carboxylic acids is 1. The molecule has 0 saturated carbocycles. The first-order valence-electron chi connectivity index (χ1n) is 7.07. The van der Waals surface area contributed by atoms with Gasteiger partial charge in [0.25, 0.3) is 0 Å². The van der Waals surface area contributed by atoms with Crippen molar-refractivity contribution in [1.29, 1.82) is 5.26 Å². The van der Waals surface area contributed by atoms with E-state index in [9.17, 15) is 14.7 Å². The lowest BCUT2D eigenvalue weighted by Crippen LogP contribution is -2.50. The minimum atomic E-state index is -0.746. The Bertz CT molecular complexity index is 395. The number of carboxylic acids is 1. The maximum atomic E-state index is 12.1. The lowest BCUT2D eigenvalue weighted by Gasteiger charge is -2.40. The third-order valence-corrected chi connectivity index (χ3v) is 4.06. The van der Waals surface area contributed by atoms with Gasteiger partial charge in [-0.3, -0.25) is 4.79 Å². The van der Waals surface area contributed by atoms with Gasteiger partial charge in [0.2, 0.25) is 0 Å². The molecule has 1 N–H and O–H groups in total. The molecule has 0 spiro atoms. The molecule has 1 aliphatic heterocycles. The molecule has 6 heteroatoms. The van der Waals surface area contributed by atoms with Crippen LogP contribution in [0.4, 0.5) is 4.79 Å². The quantitative estimate of drug-likeness (QED) is 0.834. The zero-order valence-corrected chi connectivity index (χ0v) is 12.3. The molecule has 0 bridgehead atoms. The van der Waals surface area contributed by atoms with E-state index in [0.717, 1.165) is 6.42 Å². The lowest BCUT2D eigenvalue weighted by molar-refractivity contribution is -0.152. The van der Waals surface area contributed by atoms with Gasteiger partial charge in [-0.1, -0.05) is 13.3 Å². The molecular formula is C14H23N3O3. The van der Waals surface area contributed by atoms with E-state index in [1.807, 2.05) is 13.0 Å². The molecule has 112 valence electrons. The van der Waals surface area contributed by atoms with Gasteiger partial charge in [0, 0.05) is 26.7 Å². The fraction of sp³-hybridized carbons (Fsp3) is 0.786. The summed E-state index contributed by atoms with van der Waals surface area (Å²) in [6.07, 6.45) is 2.82. The van der Waals surface area contributed by atoms with Crippen LogP contribution in [-0.2, 0) is 4.79 Å². The summed E-state index contributed by atoms with van der Waals surface area (Å²) in [4.78, 5) is 26.8. The number of carbonyl (C=O) groups is 2. The molecule has 1 saturated heterocycles. The van der Waals surface area contributed by atoms with Crippen molar-refractivity contribution in [2.45, 2.75) is 39.0 Å². The Morgan fingerprint density at radius 1 is 1.40 bits per heavy atom. The van der Waals surface area contributed by atoms with Gasteiger partial charge in [-0.15, -0.1) is 0 Å². The monoisotopic (exact) mass is 281 g/mol. The SMILES string of the molecule is CCCC1(C(=O)O)CCN(C(=O)N(C)CCC#N)CC1. The van der Waals surface area contributed by atoms with Crippen molar-refractivity contribution in [3.63, 3.8) is 0 Å². The first kappa shape index (κ1) is 16.3. The van der Waals surface area contributed by atoms with Crippen LogP contribution >= 0.6 is 0 Å². The average Bonchev–Trinajstić information content (AvgIpc) is 2.44. The van der Waals surface area contributed by atoms with E-state index in [4.69, 9.17) is 5.26 Å². The fourth-order valence-electron chi connectivity index (χ4n) is 2.73. The second kappa shape index (κ2) is 7.13. The summed E-state index contributed by atoms with van der Waals surface area (Å²) in [5.74, 6) is -0.746. The number of likely N-dealkylation sites (tertiary alicyclic amines) is 1. The number of nitrogens with zero attached hydrogens (tertiary/aromatic N) is 3. The van der Waals surface area contributed by atoms with Crippen LogP contribution in [0.2, 0.25) is 0 Å². The zero-order valence-electron chi connectivity index (χ0n) is 12.3. The predicted octanol–water partition coefficient (Wildman–Crippen LogP) is 1.92. The van der Waals surface area contributed by atoms with Gasteiger partial charge >= 0.3 is 12.0 Å². The van der Waals surface area contributed by atoms with Crippen molar-refractivity contribution < 1.29 is 14.7 Å². The van der Waals surface area contributed by atoms with Crippen LogP contribution in [-0.4, -0.2) is 53.6 Å². The van der Waals surface area contributed by atoms with E-state index >= 15 is 0 Å². The number of piperidine rings is 1. The third-order valence-electron chi connectivity index (χ3n) is 4.06. The van der Waals surface area contributed by atoms with Crippen LogP contribution in [0.15, 0.2) is 0 Å². The highest BCUT2D eigenvalue weighted by Crippen LogP contribution is 2.36. The number of nitriles is 1. The van der Waals surface area contributed by atoms with E-state index < -0.39 is 11.4 Å². The van der Waals surface area contributed by atoms with Gasteiger partial charge in [0.05, 0.1) is 17.9 Å². The first-order chi connectivity index (χ1) is 9.46. The second-order valence-electron chi connectivity index (χ2n) is 5.43. The highest BCUT2D eigenvalue weighted by molar-refractivity contribution is 5.77. The van der Waals surface area contributed by atoms with E-state index in [0.29, 0.717) is 45.3 Å². The van der Waals surface area contributed by atoms with Crippen molar-refractivity contribution in [2.24, 2.45) is 5.41 Å². The molecule has 0 aromatic rings. The van der Waals surface area contributed by atoms with Crippen molar-refractivity contribution in [1.82, 2.24) is 9.80 Å². The number of carboxylic acid groups (broad SMARTS) is 1. The van der Waals surface area contributed by atoms with Crippen LogP contribution < -0.4 is 0 Å². The predicted molar refractivity (Wildman–Crippen MR) is 74.0 cm³/mol. The summed E-state index contributed by atoms with van der Waals surface area (Å²) in [7, 11) is 1.67. The minimum absolute atomic E-state index is 0.115. The lowest BCUT2D eigenvalue weighted by atomic mass is 9.75. The van der Waals surface area contributed by atoms with Crippen LogP contribution in [0, 0.1) is 16.7 Å². The second-order valence-corrected chi connectivity index (χ2v) is 5.43. The number of hydrogen-bond donors (Lipinski definition) is 1. The fourth-order valence-corrected chi connectivity index (χ4v) is 2.73. The van der Waals surface area contributed by atoms with E-state index in [-0.39, 0.29) is 6.03 Å². The summed E-state index contributed by atoms with van der Waals surface area (Å²) < 4.78 is 0. The molecule has 0 atom stereocenters. The number of rotatable bonds is 5. The maximum absolute atomic E-state index is 12.1. The summed E-state index contributed by atoms with van der Waals surface area (Å²) in [5.41, 5.74) is -0.670. The van der Waals surface area contributed by atoms with Crippen molar-refractivity contribution in [3.05, 3.63) is 0 Å². The number of urea groups is 1. The van der Waals surface area contributed by atoms with Gasteiger partial charge in [0.15, 0.2) is 0 Å². The first-order valence-corrected chi connectivity index (χ1v) is 7.07. The normalized spacial score (nSPS) is 17.4. The van der Waals surface area contributed by atoms with Crippen molar-refractivity contribution in [3.8, 4) is 6.07 Å². The molecule has 1 aliphatic rings. The summed E-state index contributed by atoms with van der Waals surface area (Å²) in [6.45, 7) is 3.34. The molecule has 1 rings (SSSR count). The molecule has 6 nitrogen and oxygen atoms in total. The van der Waals surface area contributed by atoms with Crippen LogP contribution in [0.1, 0.15) is 39.0 Å². The zero-order chi connectivity index (χ0) is 15.2. The number of carbonyl (C=O) groups excluding carboxylic acids is 1.